The third-order valence-electron chi connectivity index (χ3n) is 3.98. The molecule has 2 rings (SSSR count). The molecule has 21 heavy (non-hydrogen) atoms. The highest BCUT2D eigenvalue weighted by molar-refractivity contribution is 5.69. The molecule has 0 heterocycles. The first-order valence-electron chi connectivity index (χ1n) is 7.90. The molecular formula is C20H27N. The van der Waals surface area contributed by atoms with Crippen LogP contribution in [-0.4, -0.2) is 7.05 Å². The zero-order valence-electron chi connectivity index (χ0n) is 13.9. The van der Waals surface area contributed by atoms with Gasteiger partial charge in [0, 0.05) is 6.54 Å². The van der Waals surface area contributed by atoms with Gasteiger partial charge in [-0.15, -0.1) is 0 Å². The number of nitrogens with one attached hydrogen (secondary N) is 1. The van der Waals surface area contributed by atoms with Crippen LogP contribution in [0.1, 0.15) is 56.2 Å². The van der Waals surface area contributed by atoms with E-state index in [9.17, 15) is 0 Å². The van der Waals surface area contributed by atoms with Gasteiger partial charge in [0.25, 0.3) is 0 Å². The minimum Gasteiger partial charge on any atom is -0.316 e. The molecule has 112 valence electrons. The van der Waals surface area contributed by atoms with Crippen molar-refractivity contribution in [3.8, 4) is 11.1 Å². The average molecular weight is 281 g/mol. The van der Waals surface area contributed by atoms with Crippen molar-refractivity contribution >= 4 is 0 Å². The molecule has 0 amide bonds. The van der Waals surface area contributed by atoms with Crippen molar-refractivity contribution in [2.24, 2.45) is 0 Å². The van der Waals surface area contributed by atoms with Crippen molar-refractivity contribution in [2.75, 3.05) is 7.05 Å². The Morgan fingerprint density at radius 3 is 2.29 bits per heavy atom. The van der Waals surface area contributed by atoms with Crippen LogP contribution < -0.4 is 5.32 Å². The minimum absolute atomic E-state index is 0.534. The summed E-state index contributed by atoms with van der Waals surface area (Å²) in [4.78, 5) is 0. The van der Waals surface area contributed by atoms with Crippen LogP contribution in [0.4, 0.5) is 0 Å². The van der Waals surface area contributed by atoms with Crippen LogP contribution in [0.15, 0.2) is 42.5 Å². The van der Waals surface area contributed by atoms with Crippen LogP contribution in [-0.2, 0) is 6.54 Å². The lowest BCUT2D eigenvalue weighted by molar-refractivity contribution is 0.817. The summed E-state index contributed by atoms with van der Waals surface area (Å²) in [5.74, 6) is 1.11. The lowest BCUT2D eigenvalue weighted by Crippen LogP contribution is -2.05. The normalized spacial score (nSPS) is 11.4. The van der Waals surface area contributed by atoms with Crippen molar-refractivity contribution in [1.29, 1.82) is 0 Å². The molecule has 1 heteroatoms. The molecule has 0 spiro atoms. The Hall–Kier alpha value is -1.60. The Morgan fingerprint density at radius 1 is 0.905 bits per heavy atom. The lowest BCUT2D eigenvalue weighted by atomic mass is 9.88. The summed E-state index contributed by atoms with van der Waals surface area (Å²) in [5, 5.41) is 3.22. The third kappa shape index (κ3) is 3.74. The van der Waals surface area contributed by atoms with Gasteiger partial charge in [0.05, 0.1) is 0 Å². The Morgan fingerprint density at radius 2 is 1.67 bits per heavy atom. The number of hydrogen-bond acceptors (Lipinski definition) is 1. The fraction of sp³-hybridized carbons (Fsp3) is 0.400. The van der Waals surface area contributed by atoms with E-state index in [0.29, 0.717) is 11.8 Å². The monoisotopic (exact) mass is 281 g/mol. The van der Waals surface area contributed by atoms with Gasteiger partial charge in [-0.1, -0.05) is 64.1 Å². The van der Waals surface area contributed by atoms with Crippen LogP contribution in [0.3, 0.4) is 0 Å². The van der Waals surface area contributed by atoms with E-state index >= 15 is 0 Å². The van der Waals surface area contributed by atoms with Crippen molar-refractivity contribution in [3.05, 3.63) is 59.2 Å². The highest BCUT2D eigenvalue weighted by Gasteiger charge is 2.11. The first-order valence-corrected chi connectivity index (χ1v) is 7.90. The van der Waals surface area contributed by atoms with Crippen LogP contribution in [0.2, 0.25) is 0 Å². The van der Waals surface area contributed by atoms with E-state index in [1.807, 2.05) is 7.05 Å². The van der Waals surface area contributed by atoms with Crippen molar-refractivity contribution in [1.82, 2.24) is 5.32 Å². The molecule has 0 fully saturated rings. The number of benzene rings is 2. The third-order valence-corrected chi connectivity index (χ3v) is 3.98. The lowest BCUT2D eigenvalue weighted by Gasteiger charge is -2.17. The van der Waals surface area contributed by atoms with Crippen LogP contribution in [0.25, 0.3) is 11.1 Å². The van der Waals surface area contributed by atoms with Gasteiger partial charge in [0.15, 0.2) is 0 Å². The molecule has 0 atom stereocenters. The topological polar surface area (TPSA) is 12.0 Å². The zero-order valence-corrected chi connectivity index (χ0v) is 13.9. The molecule has 1 N–H and O–H groups in total. The predicted octanol–water partition coefficient (Wildman–Crippen LogP) is 5.32. The molecule has 2 aromatic rings. The Balaban J connectivity index is 2.50. The smallest absolute Gasteiger partial charge is 0.0202 e. The maximum Gasteiger partial charge on any atom is 0.0202 e. The van der Waals surface area contributed by atoms with E-state index in [1.165, 1.54) is 27.8 Å². The van der Waals surface area contributed by atoms with Gasteiger partial charge in [-0.25, -0.2) is 0 Å². The maximum absolute atomic E-state index is 3.22. The van der Waals surface area contributed by atoms with Gasteiger partial charge < -0.3 is 5.32 Å². The zero-order chi connectivity index (χ0) is 15.4. The van der Waals surface area contributed by atoms with E-state index in [1.54, 1.807) is 0 Å². The summed E-state index contributed by atoms with van der Waals surface area (Å²) in [6.45, 7) is 9.98. The second-order valence-electron chi connectivity index (χ2n) is 6.39. The van der Waals surface area contributed by atoms with Crippen molar-refractivity contribution < 1.29 is 0 Å². The van der Waals surface area contributed by atoms with Gasteiger partial charge in [0.2, 0.25) is 0 Å². The number of hydrogen-bond donors (Lipinski definition) is 1. The molecular weight excluding hydrogens is 254 g/mol. The van der Waals surface area contributed by atoms with Crippen LogP contribution in [0.5, 0.6) is 0 Å². The molecule has 0 aliphatic heterocycles. The Bertz CT molecular complexity index is 597. The maximum atomic E-state index is 3.22. The largest absolute Gasteiger partial charge is 0.316 e. The van der Waals surface area contributed by atoms with Gasteiger partial charge in [-0.3, -0.25) is 0 Å². The summed E-state index contributed by atoms with van der Waals surface area (Å²) >= 11 is 0. The minimum atomic E-state index is 0.534. The van der Waals surface area contributed by atoms with E-state index in [2.05, 4.69) is 75.5 Å². The summed E-state index contributed by atoms with van der Waals surface area (Å²) in [7, 11) is 1.99. The molecule has 0 aromatic heterocycles. The van der Waals surface area contributed by atoms with Gasteiger partial charge in [0.1, 0.15) is 0 Å². The Kier molecular flexibility index (Phi) is 5.19. The molecule has 0 aliphatic rings. The van der Waals surface area contributed by atoms with Crippen molar-refractivity contribution in [3.63, 3.8) is 0 Å². The first kappa shape index (κ1) is 15.8. The quantitative estimate of drug-likeness (QED) is 0.782. The van der Waals surface area contributed by atoms with Gasteiger partial charge in [-0.05, 0) is 52.8 Å². The summed E-state index contributed by atoms with van der Waals surface area (Å²) in [5.41, 5.74) is 6.89. The Labute approximate surface area is 129 Å². The van der Waals surface area contributed by atoms with Gasteiger partial charge in [-0.2, -0.15) is 0 Å². The second kappa shape index (κ2) is 6.91. The summed E-state index contributed by atoms with van der Waals surface area (Å²) in [6, 6.07) is 15.8. The van der Waals surface area contributed by atoms with E-state index < -0.39 is 0 Å². The molecule has 1 nitrogen and oxygen atoms in total. The van der Waals surface area contributed by atoms with Gasteiger partial charge >= 0.3 is 0 Å². The summed E-state index contributed by atoms with van der Waals surface area (Å²) < 4.78 is 0. The highest BCUT2D eigenvalue weighted by atomic mass is 14.8. The SMILES string of the molecule is CNCc1cccc(-c2ccc(C(C)C)cc2C(C)C)c1. The molecule has 0 saturated heterocycles. The van der Waals surface area contributed by atoms with E-state index in [0.717, 1.165) is 6.54 Å². The first-order chi connectivity index (χ1) is 10.0. The summed E-state index contributed by atoms with van der Waals surface area (Å²) in [6.07, 6.45) is 0. The number of rotatable bonds is 5. The van der Waals surface area contributed by atoms with Crippen LogP contribution in [0, 0.1) is 0 Å². The molecule has 0 aliphatic carbocycles. The second-order valence-corrected chi connectivity index (χ2v) is 6.39. The molecule has 2 aromatic carbocycles. The predicted molar refractivity (Wildman–Crippen MR) is 92.8 cm³/mol. The molecule has 0 bridgehead atoms. The fourth-order valence-corrected chi connectivity index (χ4v) is 2.73. The average Bonchev–Trinajstić information content (AvgIpc) is 2.47. The van der Waals surface area contributed by atoms with E-state index in [-0.39, 0.29) is 0 Å². The highest BCUT2D eigenvalue weighted by Crippen LogP contribution is 2.32. The van der Waals surface area contributed by atoms with Crippen molar-refractivity contribution in [2.45, 2.75) is 46.1 Å². The van der Waals surface area contributed by atoms with Crippen LogP contribution >= 0.6 is 0 Å². The molecule has 0 radical (unpaired) electrons. The molecule has 0 unspecified atom stereocenters. The fourth-order valence-electron chi connectivity index (χ4n) is 2.73. The molecule has 0 saturated carbocycles. The van der Waals surface area contributed by atoms with E-state index in [4.69, 9.17) is 0 Å². The standard InChI is InChI=1S/C20H27N/c1-14(2)17-9-10-19(20(12-17)15(3)4)18-8-6-7-16(11-18)13-21-5/h6-12,14-15,21H,13H2,1-5H3.